The molecule has 0 bridgehead atoms. The van der Waals surface area contributed by atoms with Crippen LogP contribution in [-0.2, 0) is 6.42 Å². The van der Waals surface area contributed by atoms with Crippen molar-refractivity contribution in [2.24, 2.45) is 0 Å². The Morgan fingerprint density at radius 2 is 2.41 bits per heavy atom. The molecule has 1 fully saturated rings. The normalized spacial score (nSPS) is 20.6. The quantitative estimate of drug-likeness (QED) is 0.803. The largest absolute Gasteiger partial charge is 0.469 e. The molecule has 0 N–H and O–H groups in total. The topological polar surface area (TPSA) is 33.5 Å². The van der Waals surface area contributed by atoms with Crippen LogP contribution in [0.1, 0.15) is 42.3 Å². The van der Waals surface area contributed by atoms with Crippen molar-refractivity contribution in [3.05, 3.63) is 23.7 Å². The van der Waals surface area contributed by atoms with E-state index in [0.717, 1.165) is 42.5 Å². The molecule has 1 saturated heterocycles. The van der Waals surface area contributed by atoms with Crippen molar-refractivity contribution in [2.75, 3.05) is 11.9 Å². The Kier molecular flexibility index (Phi) is 4.26. The Morgan fingerprint density at radius 3 is 3.12 bits per heavy atom. The predicted octanol–water partition coefficient (Wildman–Crippen LogP) is 3.23. The van der Waals surface area contributed by atoms with Crippen LogP contribution in [0.2, 0.25) is 0 Å². The first-order valence-electron chi connectivity index (χ1n) is 6.21. The fourth-order valence-corrected chi connectivity index (χ4v) is 3.06. The molecular formula is C13H18BrNO2. The summed E-state index contributed by atoms with van der Waals surface area (Å²) in [6.45, 7) is 2.87. The van der Waals surface area contributed by atoms with Crippen LogP contribution >= 0.6 is 15.9 Å². The molecule has 94 valence electrons. The van der Waals surface area contributed by atoms with Crippen LogP contribution in [0.3, 0.4) is 0 Å². The van der Waals surface area contributed by atoms with Crippen LogP contribution in [0.15, 0.2) is 16.7 Å². The maximum atomic E-state index is 12.5. The van der Waals surface area contributed by atoms with E-state index in [1.165, 1.54) is 6.42 Å². The van der Waals surface area contributed by atoms with Crippen LogP contribution < -0.4 is 0 Å². The van der Waals surface area contributed by atoms with Crippen LogP contribution in [0.4, 0.5) is 0 Å². The molecule has 17 heavy (non-hydrogen) atoms. The molecule has 2 heterocycles. The summed E-state index contributed by atoms with van der Waals surface area (Å²) in [6.07, 6.45) is 5.79. The molecule has 1 aromatic rings. The molecule has 0 radical (unpaired) electrons. The van der Waals surface area contributed by atoms with Crippen molar-refractivity contribution in [3.8, 4) is 0 Å². The van der Waals surface area contributed by atoms with Gasteiger partial charge in [-0.2, -0.15) is 0 Å². The van der Waals surface area contributed by atoms with Gasteiger partial charge in [-0.05, 0) is 25.3 Å². The minimum absolute atomic E-state index is 0.125. The Bertz CT molecular complexity index is 389. The third-order valence-electron chi connectivity index (χ3n) is 3.36. The maximum Gasteiger partial charge on any atom is 0.257 e. The van der Waals surface area contributed by atoms with Crippen molar-refractivity contribution in [3.63, 3.8) is 0 Å². The smallest absolute Gasteiger partial charge is 0.257 e. The highest BCUT2D eigenvalue weighted by Crippen LogP contribution is 2.23. The van der Waals surface area contributed by atoms with Crippen molar-refractivity contribution < 1.29 is 9.21 Å². The van der Waals surface area contributed by atoms with Crippen molar-refractivity contribution in [2.45, 2.75) is 38.6 Å². The summed E-state index contributed by atoms with van der Waals surface area (Å²) >= 11 is 3.50. The predicted molar refractivity (Wildman–Crippen MR) is 70.6 cm³/mol. The number of amides is 1. The SMILES string of the molecule is CCc1occc1C(=O)N1CCCCC1CBr. The highest BCUT2D eigenvalue weighted by atomic mass is 79.9. The summed E-state index contributed by atoms with van der Waals surface area (Å²) in [5.74, 6) is 0.925. The number of aryl methyl sites for hydroxylation is 1. The van der Waals surface area contributed by atoms with Crippen molar-refractivity contribution in [1.29, 1.82) is 0 Å². The molecule has 2 rings (SSSR count). The third-order valence-corrected chi connectivity index (χ3v) is 4.11. The summed E-state index contributed by atoms with van der Waals surface area (Å²) in [4.78, 5) is 14.4. The molecule has 1 aliphatic heterocycles. The number of furan rings is 1. The number of alkyl halides is 1. The molecule has 1 aromatic heterocycles. The van der Waals surface area contributed by atoms with Gasteiger partial charge in [0.2, 0.25) is 0 Å². The molecule has 0 spiro atoms. The van der Waals surface area contributed by atoms with Gasteiger partial charge in [-0.1, -0.05) is 22.9 Å². The molecule has 0 saturated carbocycles. The minimum Gasteiger partial charge on any atom is -0.469 e. The zero-order valence-electron chi connectivity index (χ0n) is 10.1. The maximum absolute atomic E-state index is 12.5. The molecule has 4 heteroatoms. The second-order valence-electron chi connectivity index (χ2n) is 4.41. The number of nitrogens with zero attached hydrogens (tertiary/aromatic N) is 1. The van der Waals surface area contributed by atoms with Gasteiger partial charge in [0, 0.05) is 24.3 Å². The van der Waals surface area contributed by atoms with E-state index >= 15 is 0 Å². The number of carbonyl (C=O) groups is 1. The summed E-state index contributed by atoms with van der Waals surface area (Å²) < 4.78 is 5.34. The number of hydrogen-bond acceptors (Lipinski definition) is 2. The van der Waals surface area contributed by atoms with E-state index in [1.807, 2.05) is 11.8 Å². The number of piperidine rings is 1. The van der Waals surface area contributed by atoms with Gasteiger partial charge in [0.1, 0.15) is 5.76 Å². The Hall–Kier alpha value is -0.770. The second kappa shape index (κ2) is 5.71. The highest BCUT2D eigenvalue weighted by Gasteiger charge is 2.28. The van der Waals surface area contributed by atoms with E-state index in [0.29, 0.717) is 6.04 Å². The van der Waals surface area contributed by atoms with Gasteiger partial charge < -0.3 is 9.32 Å². The molecule has 1 aliphatic rings. The van der Waals surface area contributed by atoms with E-state index < -0.39 is 0 Å². The molecule has 1 amide bonds. The molecule has 0 aliphatic carbocycles. The van der Waals surface area contributed by atoms with E-state index in [2.05, 4.69) is 15.9 Å². The van der Waals surface area contributed by atoms with E-state index in [1.54, 1.807) is 12.3 Å². The Labute approximate surface area is 110 Å². The molecule has 1 atom stereocenters. The van der Waals surface area contributed by atoms with E-state index in [9.17, 15) is 4.79 Å². The van der Waals surface area contributed by atoms with Crippen molar-refractivity contribution in [1.82, 2.24) is 4.90 Å². The Morgan fingerprint density at radius 1 is 1.59 bits per heavy atom. The zero-order chi connectivity index (χ0) is 12.3. The summed E-state index contributed by atoms with van der Waals surface area (Å²) in [6, 6.07) is 2.12. The second-order valence-corrected chi connectivity index (χ2v) is 5.06. The van der Waals surface area contributed by atoms with Crippen molar-refractivity contribution >= 4 is 21.8 Å². The van der Waals surface area contributed by atoms with E-state index in [4.69, 9.17) is 4.42 Å². The van der Waals surface area contributed by atoms with Crippen LogP contribution in [0, 0.1) is 0 Å². The summed E-state index contributed by atoms with van der Waals surface area (Å²) in [5.41, 5.74) is 0.736. The lowest BCUT2D eigenvalue weighted by molar-refractivity contribution is 0.0639. The molecule has 3 nitrogen and oxygen atoms in total. The average molecular weight is 300 g/mol. The van der Waals surface area contributed by atoms with Gasteiger partial charge in [0.05, 0.1) is 11.8 Å². The van der Waals surface area contributed by atoms with Crippen LogP contribution in [0.25, 0.3) is 0 Å². The number of rotatable bonds is 3. The molecular weight excluding hydrogens is 282 g/mol. The monoisotopic (exact) mass is 299 g/mol. The highest BCUT2D eigenvalue weighted by molar-refractivity contribution is 9.09. The molecule has 0 aromatic carbocycles. The van der Waals surface area contributed by atoms with Gasteiger partial charge in [0.25, 0.3) is 5.91 Å². The first-order valence-corrected chi connectivity index (χ1v) is 7.33. The van der Waals surface area contributed by atoms with Gasteiger partial charge in [-0.3, -0.25) is 4.79 Å². The first kappa shape index (κ1) is 12.7. The van der Waals surface area contributed by atoms with E-state index in [-0.39, 0.29) is 5.91 Å². The van der Waals surface area contributed by atoms with Crippen LogP contribution in [0.5, 0.6) is 0 Å². The average Bonchev–Trinajstić information content (AvgIpc) is 2.86. The lowest BCUT2D eigenvalue weighted by Gasteiger charge is -2.34. The lowest BCUT2D eigenvalue weighted by Crippen LogP contribution is -2.44. The lowest BCUT2D eigenvalue weighted by atomic mass is 10.0. The van der Waals surface area contributed by atoms with Crippen LogP contribution in [-0.4, -0.2) is 28.7 Å². The van der Waals surface area contributed by atoms with Gasteiger partial charge in [0.15, 0.2) is 0 Å². The number of hydrogen-bond donors (Lipinski definition) is 0. The van der Waals surface area contributed by atoms with Gasteiger partial charge >= 0.3 is 0 Å². The summed E-state index contributed by atoms with van der Waals surface area (Å²) in [5, 5.41) is 0.859. The zero-order valence-corrected chi connectivity index (χ0v) is 11.7. The third kappa shape index (κ3) is 2.57. The number of likely N-dealkylation sites (tertiary alicyclic amines) is 1. The fraction of sp³-hybridized carbons (Fsp3) is 0.615. The summed E-state index contributed by atoms with van der Waals surface area (Å²) in [7, 11) is 0. The molecule has 1 unspecified atom stereocenters. The fourth-order valence-electron chi connectivity index (χ4n) is 2.39. The standard InChI is InChI=1S/C13H18BrNO2/c1-2-12-11(6-8-17-12)13(16)15-7-4-3-5-10(15)9-14/h6,8,10H,2-5,7,9H2,1H3. The number of carbonyl (C=O) groups excluding carboxylic acids is 1. The minimum atomic E-state index is 0.125. The van der Waals surface area contributed by atoms with Gasteiger partial charge in [-0.25, -0.2) is 0 Å². The van der Waals surface area contributed by atoms with Gasteiger partial charge in [-0.15, -0.1) is 0 Å². The first-order chi connectivity index (χ1) is 8.27. The number of halogens is 1. The Balaban J connectivity index is 2.18.